The normalized spacial score (nSPS) is 12.5. The number of halogens is 1. The summed E-state index contributed by atoms with van der Waals surface area (Å²) in [6.45, 7) is 6.84. The summed E-state index contributed by atoms with van der Waals surface area (Å²) < 4.78 is 0. The molecule has 1 atom stereocenters. The Hall–Kier alpha value is -0.530. The van der Waals surface area contributed by atoms with E-state index in [-0.39, 0.29) is 17.9 Å². The van der Waals surface area contributed by atoms with Crippen molar-refractivity contribution < 1.29 is 0 Å². The fraction of sp³-hybridized carbons (Fsp3) is 0.806. The number of benzene rings is 1. The maximum Gasteiger partial charge on any atom is 0.0180 e. The summed E-state index contributed by atoms with van der Waals surface area (Å²) in [6, 6.07) is 11.0. The van der Waals surface area contributed by atoms with E-state index < -0.39 is 0 Å². The van der Waals surface area contributed by atoms with Crippen LogP contribution < -0.4 is 5.73 Å². The van der Waals surface area contributed by atoms with Crippen LogP contribution in [-0.4, -0.2) is 5.54 Å². The Labute approximate surface area is 214 Å². The van der Waals surface area contributed by atoms with Crippen molar-refractivity contribution in [1.82, 2.24) is 0 Å². The highest BCUT2D eigenvalue weighted by Crippen LogP contribution is 2.30. The largest absolute Gasteiger partial charge is 0.325 e. The van der Waals surface area contributed by atoms with E-state index in [0.717, 1.165) is 19.3 Å². The molecule has 194 valence electrons. The minimum absolute atomic E-state index is 0. The smallest absolute Gasteiger partial charge is 0.0180 e. The standard InChI is InChI=1S/C31H57N.ClH/c1-4-7-8-9-10-11-12-13-14-15-16-17-18-19-20-24-27-30(31(32,5-2)6-3)28-29-25-22-21-23-26-29;/h21-23,25-26,30H,4-20,24,27-28,32H2,1-3H3;1H. The summed E-state index contributed by atoms with van der Waals surface area (Å²) >= 11 is 0. The van der Waals surface area contributed by atoms with Crippen molar-refractivity contribution in [1.29, 1.82) is 0 Å². The second-order valence-corrected chi connectivity index (χ2v) is 10.4. The summed E-state index contributed by atoms with van der Waals surface area (Å²) in [7, 11) is 0. The van der Waals surface area contributed by atoms with Crippen LogP contribution >= 0.6 is 12.4 Å². The molecule has 0 heterocycles. The Bertz CT molecular complexity index is 511. The average Bonchev–Trinajstić information content (AvgIpc) is 2.83. The number of nitrogens with two attached hydrogens (primary N) is 1. The zero-order valence-electron chi connectivity index (χ0n) is 22.6. The molecule has 0 aliphatic carbocycles. The van der Waals surface area contributed by atoms with Gasteiger partial charge in [-0.15, -0.1) is 12.4 Å². The fourth-order valence-corrected chi connectivity index (χ4v) is 5.26. The first-order valence-corrected chi connectivity index (χ1v) is 14.5. The minimum Gasteiger partial charge on any atom is -0.325 e. The van der Waals surface area contributed by atoms with Crippen LogP contribution in [0.4, 0.5) is 0 Å². The lowest BCUT2D eigenvalue weighted by molar-refractivity contribution is 0.229. The summed E-state index contributed by atoms with van der Waals surface area (Å²) in [4.78, 5) is 0. The monoisotopic (exact) mass is 479 g/mol. The van der Waals surface area contributed by atoms with Gasteiger partial charge in [-0.2, -0.15) is 0 Å². The summed E-state index contributed by atoms with van der Waals surface area (Å²) in [5.41, 5.74) is 8.30. The number of rotatable bonds is 22. The van der Waals surface area contributed by atoms with Gasteiger partial charge >= 0.3 is 0 Å². The molecule has 0 amide bonds. The van der Waals surface area contributed by atoms with E-state index in [1.165, 1.54) is 115 Å². The molecular weight excluding hydrogens is 422 g/mol. The first kappa shape index (κ1) is 32.5. The van der Waals surface area contributed by atoms with Crippen LogP contribution in [0.3, 0.4) is 0 Å². The molecule has 1 aromatic rings. The van der Waals surface area contributed by atoms with Crippen LogP contribution in [0.1, 0.15) is 148 Å². The molecule has 0 saturated carbocycles. The molecule has 2 heteroatoms. The number of hydrogen-bond donors (Lipinski definition) is 1. The van der Waals surface area contributed by atoms with Crippen molar-refractivity contribution >= 4 is 12.4 Å². The van der Waals surface area contributed by atoms with Crippen molar-refractivity contribution in [3.8, 4) is 0 Å². The van der Waals surface area contributed by atoms with Gasteiger partial charge < -0.3 is 5.73 Å². The van der Waals surface area contributed by atoms with Crippen molar-refractivity contribution in [3.05, 3.63) is 35.9 Å². The number of hydrogen-bond acceptors (Lipinski definition) is 1. The van der Waals surface area contributed by atoms with Crippen molar-refractivity contribution in [2.45, 2.75) is 155 Å². The van der Waals surface area contributed by atoms with E-state index in [1.807, 2.05) is 0 Å². The van der Waals surface area contributed by atoms with Gasteiger partial charge in [-0.05, 0) is 37.2 Å². The minimum atomic E-state index is -0.00858. The average molecular weight is 480 g/mol. The zero-order valence-corrected chi connectivity index (χ0v) is 23.4. The number of unbranched alkanes of at least 4 members (excludes halogenated alkanes) is 15. The Morgan fingerprint density at radius 1 is 0.606 bits per heavy atom. The van der Waals surface area contributed by atoms with Crippen LogP contribution in [0.5, 0.6) is 0 Å². The third-order valence-electron chi connectivity index (χ3n) is 7.86. The van der Waals surface area contributed by atoms with Crippen LogP contribution in [0.25, 0.3) is 0 Å². The van der Waals surface area contributed by atoms with E-state index >= 15 is 0 Å². The topological polar surface area (TPSA) is 26.0 Å². The molecule has 0 radical (unpaired) electrons. The summed E-state index contributed by atoms with van der Waals surface area (Å²) in [6.07, 6.45) is 27.5. The Morgan fingerprint density at radius 3 is 1.39 bits per heavy atom. The highest BCUT2D eigenvalue weighted by atomic mass is 35.5. The molecule has 1 nitrogen and oxygen atoms in total. The van der Waals surface area contributed by atoms with E-state index in [0.29, 0.717) is 5.92 Å². The molecule has 1 aromatic carbocycles. The van der Waals surface area contributed by atoms with Crippen molar-refractivity contribution in [2.24, 2.45) is 11.7 Å². The molecule has 0 spiro atoms. The van der Waals surface area contributed by atoms with Gasteiger partial charge in [-0.3, -0.25) is 0 Å². The van der Waals surface area contributed by atoms with Gasteiger partial charge in [0.05, 0.1) is 0 Å². The van der Waals surface area contributed by atoms with E-state index in [9.17, 15) is 0 Å². The quantitative estimate of drug-likeness (QED) is 0.164. The van der Waals surface area contributed by atoms with E-state index in [2.05, 4.69) is 51.1 Å². The van der Waals surface area contributed by atoms with Gasteiger partial charge in [0.2, 0.25) is 0 Å². The lowest BCUT2D eigenvalue weighted by Gasteiger charge is -2.36. The molecule has 0 saturated heterocycles. The SMILES string of the molecule is CCCCCCCCCCCCCCCCCCC(Cc1ccccc1)C(N)(CC)CC.Cl. The van der Waals surface area contributed by atoms with Crippen LogP contribution in [0.2, 0.25) is 0 Å². The summed E-state index contributed by atoms with van der Waals surface area (Å²) in [5.74, 6) is 0.603. The molecule has 0 bridgehead atoms. The zero-order chi connectivity index (χ0) is 23.3. The van der Waals surface area contributed by atoms with Gasteiger partial charge in [0.15, 0.2) is 0 Å². The second-order valence-electron chi connectivity index (χ2n) is 10.4. The van der Waals surface area contributed by atoms with Gasteiger partial charge in [0, 0.05) is 5.54 Å². The Morgan fingerprint density at radius 2 is 1.00 bits per heavy atom. The predicted octanol–water partition coefficient (Wildman–Crippen LogP) is 10.4. The predicted molar refractivity (Wildman–Crippen MR) is 153 cm³/mol. The van der Waals surface area contributed by atoms with Gasteiger partial charge in [-0.25, -0.2) is 0 Å². The lowest BCUT2D eigenvalue weighted by Crippen LogP contribution is -2.47. The van der Waals surface area contributed by atoms with E-state index in [4.69, 9.17) is 5.73 Å². The Balaban J connectivity index is 0.0000102. The molecule has 33 heavy (non-hydrogen) atoms. The first-order valence-electron chi connectivity index (χ1n) is 14.5. The lowest BCUT2D eigenvalue weighted by atomic mass is 9.74. The van der Waals surface area contributed by atoms with Crippen LogP contribution in [-0.2, 0) is 6.42 Å². The maximum absolute atomic E-state index is 6.86. The van der Waals surface area contributed by atoms with Crippen LogP contribution in [0.15, 0.2) is 30.3 Å². The highest BCUT2D eigenvalue weighted by Gasteiger charge is 2.31. The maximum atomic E-state index is 6.86. The summed E-state index contributed by atoms with van der Waals surface area (Å²) in [5, 5.41) is 0. The highest BCUT2D eigenvalue weighted by molar-refractivity contribution is 5.85. The molecule has 1 unspecified atom stereocenters. The molecule has 2 N–H and O–H groups in total. The second kappa shape index (κ2) is 22.0. The molecular formula is C31H58ClN. The fourth-order valence-electron chi connectivity index (χ4n) is 5.26. The van der Waals surface area contributed by atoms with Crippen LogP contribution in [0, 0.1) is 5.92 Å². The van der Waals surface area contributed by atoms with Crippen molar-refractivity contribution in [2.75, 3.05) is 0 Å². The molecule has 0 fully saturated rings. The molecule has 0 aliphatic heterocycles. The van der Waals surface area contributed by atoms with Gasteiger partial charge in [0.1, 0.15) is 0 Å². The van der Waals surface area contributed by atoms with E-state index in [1.54, 1.807) is 0 Å². The Kier molecular flexibility index (Phi) is 21.6. The molecule has 0 aromatic heterocycles. The van der Waals surface area contributed by atoms with Crippen molar-refractivity contribution in [3.63, 3.8) is 0 Å². The third kappa shape index (κ3) is 15.9. The molecule has 1 rings (SSSR count). The third-order valence-corrected chi connectivity index (χ3v) is 7.86. The first-order chi connectivity index (χ1) is 15.7. The van der Waals surface area contributed by atoms with Gasteiger partial charge in [0.25, 0.3) is 0 Å². The molecule has 0 aliphatic rings. The van der Waals surface area contributed by atoms with Gasteiger partial charge in [-0.1, -0.05) is 154 Å².